The van der Waals surface area contributed by atoms with Gasteiger partial charge in [0.2, 0.25) is 0 Å². The summed E-state index contributed by atoms with van der Waals surface area (Å²) in [5.74, 6) is -0.785. The highest BCUT2D eigenvalue weighted by Gasteiger charge is 2.20. The third kappa shape index (κ3) is 3.34. The number of carboxylic acids is 1. The molecule has 0 radical (unpaired) electrons. The maximum absolute atomic E-state index is 10.7. The van der Waals surface area contributed by atoms with Crippen LogP contribution in [0.2, 0.25) is 5.02 Å². The summed E-state index contributed by atoms with van der Waals surface area (Å²) in [4.78, 5) is 16.6. The van der Waals surface area contributed by atoms with Gasteiger partial charge in [-0.15, -0.1) is 0 Å². The van der Waals surface area contributed by atoms with E-state index in [-0.39, 0.29) is 6.42 Å². The molecule has 4 rings (SSSR count). The highest BCUT2D eigenvalue weighted by molar-refractivity contribution is 6.31. The molecule has 1 aliphatic heterocycles. The number of halogens is 1. The van der Waals surface area contributed by atoms with Gasteiger partial charge in [-0.25, -0.2) is 0 Å². The Bertz CT molecular complexity index is 975. The van der Waals surface area contributed by atoms with Gasteiger partial charge in [0.25, 0.3) is 0 Å². The summed E-state index contributed by atoms with van der Waals surface area (Å²) in [6.45, 7) is 5.53. The Morgan fingerprint density at radius 2 is 2.19 bits per heavy atom. The minimum absolute atomic E-state index is 0.122. The van der Waals surface area contributed by atoms with Crippen LogP contribution in [0.4, 0.5) is 0 Å². The fourth-order valence-corrected chi connectivity index (χ4v) is 3.78. The average Bonchev–Trinajstić information content (AvgIpc) is 3.14. The molecule has 0 fully saturated rings. The summed E-state index contributed by atoms with van der Waals surface area (Å²) in [6.07, 6.45) is 0.605. The SMILES string of the molecule is Cc1c(CN2CCn3nc(CCC(=O)O)cc3C2)[nH]c2ccc(Cl)cc12. The van der Waals surface area contributed by atoms with Crippen LogP contribution < -0.4 is 0 Å². The number of carbonyl (C=O) groups is 1. The van der Waals surface area contributed by atoms with Crippen molar-refractivity contribution in [3.05, 3.63) is 51.9 Å². The van der Waals surface area contributed by atoms with E-state index in [2.05, 4.69) is 21.9 Å². The second kappa shape index (κ2) is 6.78. The number of fused-ring (bicyclic) bond motifs is 2. The van der Waals surface area contributed by atoms with Gasteiger partial charge in [-0.2, -0.15) is 5.10 Å². The van der Waals surface area contributed by atoms with Crippen LogP contribution in [0.25, 0.3) is 10.9 Å². The number of hydrogen-bond acceptors (Lipinski definition) is 3. The van der Waals surface area contributed by atoms with Crippen LogP contribution in [0.3, 0.4) is 0 Å². The van der Waals surface area contributed by atoms with E-state index in [1.807, 2.05) is 28.9 Å². The number of nitrogens with zero attached hydrogens (tertiary/aromatic N) is 3. The summed E-state index contributed by atoms with van der Waals surface area (Å²) in [5.41, 5.74) is 5.57. The minimum atomic E-state index is -0.785. The van der Waals surface area contributed by atoms with Crippen LogP contribution in [0.1, 0.15) is 29.1 Å². The number of hydrogen-bond donors (Lipinski definition) is 2. The first-order valence-electron chi connectivity index (χ1n) is 8.76. The number of aryl methyl sites for hydroxylation is 2. The smallest absolute Gasteiger partial charge is 0.303 e. The third-order valence-electron chi connectivity index (χ3n) is 5.03. The minimum Gasteiger partial charge on any atom is -0.481 e. The predicted octanol–water partition coefficient (Wildman–Crippen LogP) is 3.36. The number of carboxylic acid groups (broad SMARTS) is 1. The first kappa shape index (κ1) is 17.1. The second-order valence-corrected chi connectivity index (χ2v) is 7.31. The number of nitrogens with one attached hydrogen (secondary N) is 1. The Morgan fingerprint density at radius 1 is 1.35 bits per heavy atom. The Hall–Kier alpha value is -2.31. The van der Waals surface area contributed by atoms with Gasteiger partial charge in [0.1, 0.15) is 0 Å². The van der Waals surface area contributed by atoms with Gasteiger partial charge in [0, 0.05) is 47.7 Å². The predicted molar refractivity (Wildman–Crippen MR) is 100 cm³/mol. The van der Waals surface area contributed by atoms with Gasteiger partial charge >= 0.3 is 5.97 Å². The van der Waals surface area contributed by atoms with Crippen LogP contribution >= 0.6 is 11.6 Å². The molecule has 6 nitrogen and oxygen atoms in total. The summed E-state index contributed by atoms with van der Waals surface area (Å²) in [7, 11) is 0. The van der Waals surface area contributed by atoms with Gasteiger partial charge < -0.3 is 10.1 Å². The quantitative estimate of drug-likeness (QED) is 0.720. The van der Waals surface area contributed by atoms with Crippen molar-refractivity contribution in [1.82, 2.24) is 19.7 Å². The molecule has 0 aliphatic carbocycles. The third-order valence-corrected chi connectivity index (χ3v) is 5.26. The average molecular weight is 373 g/mol. The van der Waals surface area contributed by atoms with Gasteiger partial charge in [0.05, 0.1) is 24.4 Å². The first-order valence-corrected chi connectivity index (χ1v) is 9.14. The maximum Gasteiger partial charge on any atom is 0.303 e. The zero-order valence-corrected chi connectivity index (χ0v) is 15.4. The standard InChI is InChI=1S/C19H21ClN4O2/c1-12-16-8-13(20)2-4-17(16)21-18(12)11-23-6-7-24-15(10-23)9-14(22-24)3-5-19(25)26/h2,4,8-9,21H,3,5-7,10-11H2,1H3,(H,25,26). The fourth-order valence-electron chi connectivity index (χ4n) is 3.61. The van der Waals surface area contributed by atoms with Crippen LogP contribution in [-0.2, 0) is 30.8 Å². The van der Waals surface area contributed by atoms with E-state index >= 15 is 0 Å². The van der Waals surface area contributed by atoms with Crippen molar-refractivity contribution in [2.75, 3.05) is 6.54 Å². The van der Waals surface area contributed by atoms with E-state index in [0.29, 0.717) is 6.42 Å². The molecule has 1 aliphatic rings. The molecule has 0 saturated carbocycles. The van der Waals surface area contributed by atoms with E-state index in [1.54, 1.807) is 0 Å². The number of aromatic amines is 1. The van der Waals surface area contributed by atoms with E-state index in [4.69, 9.17) is 16.7 Å². The first-order chi connectivity index (χ1) is 12.5. The molecule has 0 spiro atoms. The largest absolute Gasteiger partial charge is 0.481 e. The number of rotatable bonds is 5. The van der Waals surface area contributed by atoms with Crippen molar-refractivity contribution in [2.24, 2.45) is 0 Å². The molecule has 1 aromatic carbocycles. The van der Waals surface area contributed by atoms with Gasteiger partial charge in [-0.05, 0) is 36.8 Å². The lowest BCUT2D eigenvalue weighted by Gasteiger charge is -2.27. The molecular weight excluding hydrogens is 352 g/mol. The Kier molecular flexibility index (Phi) is 4.46. The van der Waals surface area contributed by atoms with Crippen molar-refractivity contribution in [3.63, 3.8) is 0 Å². The molecule has 0 saturated heterocycles. The topological polar surface area (TPSA) is 74.2 Å². The summed E-state index contributed by atoms with van der Waals surface area (Å²) in [6, 6.07) is 7.97. The molecule has 2 N–H and O–H groups in total. The van der Waals surface area contributed by atoms with Crippen molar-refractivity contribution in [2.45, 2.75) is 39.4 Å². The van der Waals surface area contributed by atoms with Crippen molar-refractivity contribution in [3.8, 4) is 0 Å². The zero-order chi connectivity index (χ0) is 18.3. The molecule has 3 heterocycles. The molecule has 3 aromatic rings. The molecular formula is C19H21ClN4O2. The van der Waals surface area contributed by atoms with E-state index in [9.17, 15) is 4.79 Å². The second-order valence-electron chi connectivity index (χ2n) is 6.87. The van der Waals surface area contributed by atoms with Gasteiger partial charge in [0.15, 0.2) is 0 Å². The highest BCUT2D eigenvalue weighted by Crippen LogP contribution is 2.26. The van der Waals surface area contributed by atoms with E-state index in [1.165, 1.54) is 16.6 Å². The van der Waals surface area contributed by atoms with Crippen LogP contribution in [0.15, 0.2) is 24.3 Å². The lowest BCUT2D eigenvalue weighted by molar-refractivity contribution is -0.136. The van der Waals surface area contributed by atoms with E-state index in [0.717, 1.165) is 48.1 Å². The number of benzene rings is 1. The molecule has 0 unspecified atom stereocenters. The monoisotopic (exact) mass is 372 g/mol. The number of aromatic nitrogens is 3. The lowest BCUT2D eigenvalue weighted by atomic mass is 10.1. The Labute approximate surface area is 156 Å². The number of aliphatic carboxylic acids is 1. The maximum atomic E-state index is 10.7. The molecule has 136 valence electrons. The van der Waals surface area contributed by atoms with Crippen LogP contribution in [0.5, 0.6) is 0 Å². The normalized spacial score (nSPS) is 14.7. The summed E-state index contributed by atoms with van der Waals surface area (Å²) in [5, 5.41) is 15.3. The molecule has 7 heteroatoms. The summed E-state index contributed by atoms with van der Waals surface area (Å²) < 4.78 is 2.01. The molecule has 26 heavy (non-hydrogen) atoms. The fraction of sp³-hybridized carbons (Fsp3) is 0.368. The molecule has 0 bridgehead atoms. The molecule has 2 aromatic heterocycles. The summed E-state index contributed by atoms with van der Waals surface area (Å²) >= 11 is 6.12. The highest BCUT2D eigenvalue weighted by atomic mass is 35.5. The number of H-pyrrole nitrogens is 1. The molecule has 0 amide bonds. The zero-order valence-electron chi connectivity index (χ0n) is 14.6. The Morgan fingerprint density at radius 3 is 3.00 bits per heavy atom. The van der Waals surface area contributed by atoms with Crippen molar-refractivity contribution < 1.29 is 9.90 Å². The van der Waals surface area contributed by atoms with Crippen molar-refractivity contribution >= 4 is 28.5 Å². The van der Waals surface area contributed by atoms with Crippen molar-refractivity contribution in [1.29, 1.82) is 0 Å². The van der Waals surface area contributed by atoms with Gasteiger partial charge in [-0.3, -0.25) is 14.4 Å². The van der Waals surface area contributed by atoms with E-state index < -0.39 is 5.97 Å². The molecule has 0 atom stereocenters. The van der Waals surface area contributed by atoms with Crippen LogP contribution in [-0.4, -0.2) is 37.3 Å². The Balaban J connectivity index is 1.49. The van der Waals surface area contributed by atoms with Gasteiger partial charge in [-0.1, -0.05) is 11.6 Å². The lowest BCUT2D eigenvalue weighted by Crippen LogP contribution is -2.33. The van der Waals surface area contributed by atoms with Crippen LogP contribution in [0, 0.1) is 6.92 Å².